The van der Waals surface area contributed by atoms with Crippen LogP contribution in [-0.2, 0) is 21.0 Å². The molecule has 2 aromatic heterocycles. The number of hydrogen-bond acceptors (Lipinski definition) is 5. The van der Waals surface area contributed by atoms with Crippen molar-refractivity contribution in [2.45, 2.75) is 32.8 Å². The van der Waals surface area contributed by atoms with Crippen LogP contribution in [-0.4, -0.2) is 47.2 Å². The monoisotopic (exact) mass is 733 g/mol. The summed E-state index contributed by atoms with van der Waals surface area (Å²) in [6, 6.07) is 14.4. The lowest BCUT2D eigenvalue weighted by molar-refractivity contribution is -0.122. The highest BCUT2D eigenvalue weighted by atomic mass is 79.9. The largest absolute Gasteiger partial charge is 0.485 e. The second kappa shape index (κ2) is 15.1. The molecule has 1 aliphatic rings. The molecule has 1 N–H and O–H groups in total. The summed E-state index contributed by atoms with van der Waals surface area (Å²) in [6.45, 7) is 2.42. The third-order valence-electron chi connectivity index (χ3n) is 7.36. The highest BCUT2D eigenvalue weighted by Gasteiger charge is 2.21. The van der Waals surface area contributed by atoms with Crippen LogP contribution < -0.4 is 19.9 Å². The first kappa shape index (κ1) is 34.3. The number of nitrogens with zero attached hydrogens (tertiary/aromatic N) is 4. The van der Waals surface area contributed by atoms with Crippen molar-refractivity contribution < 1.29 is 19.1 Å². The fraction of sp³-hybridized carbons (Fsp3) is 0.250. The number of pyridine rings is 1. The Bertz CT molecular complexity index is 1760. The van der Waals surface area contributed by atoms with Gasteiger partial charge in [0.25, 0.3) is 0 Å². The number of amides is 3. The number of halogens is 4. The van der Waals surface area contributed by atoms with Gasteiger partial charge in [0.2, 0.25) is 17.7 Å². The molecule has 45 heavy (non-hydrogen) atoms. The smallest absolute Gasteiger partial charge is 0.246 e. The number of rotatable bonds is 9. The van der Waals surface area contributed by atoms with E-state index >= 15 is 0 Å². The van der Waals surface area contributed by atoms with E-state index in [0.717, 1.165) is 40.9 Å². The molecule has 3 amide bonds. The van der Waals surface area contributed by atoms with Crippen LogP contribution in [0.4, 0.5) is 11.4 Å². The molecule has 1 fully saturated rings. The molecule has 9 nitrogen and oxygen atoms in total. The van der Waals surface area contributed by atoms with Gasteiger partial charge < -0.3 is 19.9 Å². The van der Waals surface area contributed by atoms with Gasteiger partial charge in [-0.25, -0.2) is 4.98 Å². The lowest BCUT2D eigenvalue weighted by Crippen LogP contribution is -2.37. The number of nitrogens with one attached hydrogen (secondary N) is 1. The molecule has 0 spiro atoms. The Morgan fingerprint density at radius 2 is 1.89 bits per heavy atom. The van der Waals surface area contributed by atoms with Crippen molar-refractivity contribution in [3.05, 3.63) is 92.3 Å². The molecule has 0 unspecified atom stereocenters. The minimum atomic E-state index is -0.423. The standard InChI is InChI=1S/C32H30BrCl2N5O4.ClH/c1-20-31(33)40-17-5-6-26(32(40)37-20)44-19-23-24(34)13-14-25(30(23)35)38(2)29(43)18-36-27(41)15-10-21-8-11-22(12-9-21)39-16-4-3-7-28(39)42;/h5-6,8-15,17H,3-4,7,16,18-19H2,1-2H3,(H,36,41);1H/b15-10+;. The maximum absolute atomic E-state index is 13.0. The fourth-order valence-electron chi connectivity index (χ4n) is 4.86. The van der Waals surface area contributed by atoms with Crippen LogP contribution >= 0.6 is 51.5 Å². The van der Waals surface area contributed by atoms with Crippen molar-refractivity contribution in [1.29, 1.82) is 0 Å². The zero-order valence-corrected chi connectivity index (χ0v) is 28.5. The Labute approximate surface area is 285 Å². The van der Waals surface area contributed by atoms with Gasteiger partial charge >= 0.3 is 0 Å². The molecule has 5 rings (SSSR count). The van der Waals surface area contributed by atoms with Gasteiger partial charge in [0.05, 0.1) is 22.9 Å². The minimum Gasteiger partial charge on any atom is -0.485 e. The van der Waals surface area contributed by atoms with E-state index in [9.17, 15) is 14.4 Å². The average molecular weight is 736 g/mol. The minimum absolute atomic E-state index is 0. The van der Waals surface area contributed by atoms with Crippen LogP contribution in [0.25, 0.3) is 11.7 Å². The number of fused-ring (bicyclic) bond motifs is 1. The van der Waals surface area contributed by atoms with Gasteiger partial charge in [-0.3, -0.25) is 18.8 Å². The Kier molecular flexibility index (Phi) is 11.5. The summed E-state index contributed by atoms with van der Waals surface area (Å²) in [5, 5.41) is 3.27. The highest BCUT2D eigenvalue weighted by molar-refractivity contribution is 9.10. The van der Waals surface area contributed by atoms with Gasteiger partial charge in [0.15, 0.2) is 11.4 Å². The molecule has 1 saturated heterocycles. The molecular formula is C32H31BrCl3N5O4. The Morgan fingerprint density at radius 1 is 1.13 bits per heavy atom. The van der Waals surface area contributed by atoms with E-state index in [-0.39, 0.29) is 42.4 Å². The highest BCUT2D eigenvalue weighted by Crippen LogP contribution is 2.35. The van der Waals surface area contributed by atoms with Crippen LogP contribution in [0.1, 0.15) is 36.1 Å². The van der Waals surface area contributed by atoms with Crippen LogP contribution in [0.15, 0.2) is 65.4 Å². The first-order chi connectivity index (χ1) is 21.1. The van der Waals surface area contributed by atoms with E-state index in [1.54, 1.807) is 36.2 Å². The summed E-state index contributed by atoms with van der Waals surface area (Å²) in [6.07, 6.45) is 7.37. The van der Waals surface area contributed by atoms with Gasteiger partial charge in [0, 0.05) is 48.6 Å². The average Bonchev–Trinajstić information content (AvgIpc) is 3.32. The molecule has 0 saturated carbocycles. The van der Waals surface area contributed by atoms with Crippen molar-refractivity contribution in [3.63, 3.8) is 0 Å². The quantitative estimate of drug-likeness (QED) is 0.187. The number of aryl methyl sites for hydroxylation is 1. The Hall–Kier alpha value is -3.57. The first-order valence-corrected chi connectivity index (χ1v) is 15.5. The van der Waals surface area contributed by atoms with E-state index in [1.807, 2.05) is 47.9 Å². The molecule has 0 aliphatic carbocycles. The van der Waals surface area contributed by atoms with E-state index < -0.39 is 5.91 Å². The number of hydrogen-bond donors (Lipinski definition) is 1. The van der Waals surface area contributed by atoms with E-state index in [2.05, 4.69) is 26.2 Å². The topological polar surface area (TPSA) is 96.2 Å². The number of carbonyl (C=O) groups excluding carboxylic acids is 3. The first-order valence-electron chi connectivity index (χ1n) is 14.0. The van der Waals surface area contributed by atoms with E-state index in [1.165, 1.54) is 11.0 Å². The summed E-state index contributed by atoms with van der Waals surface area (Å²) >= 11 is 16.7. The van der Waals surface area contributed by atoms with Crippen LogP contribution in [0.3, 0.4) is 0 Å². The fourth-order valence-corrected chi connectivity index (χ4v) is 5.84. The van der Waals surface area contributed by atoms with Crippen molar-refractivity contribution in [2.75, 3.05) is 29.9 Å². The molecule has 0 radical (unpaired) electrons. The van der Waals surface area contributed by atoms with Gasteiger partial charge in [-0.2, -0.15) is 0 Å². The number of carbonyl (C=O) groups is 3. The number of imidazole rings is 1. The van der Waals surface area contributed by atoms with Gasteiger partial charge in [-0.05, 0) is 83.7 Å². The zero-order chi connectivity index (χ0) is 31.4. The molecule has 1 aliphatic heterocycles. The summed E-state index contributed by atoms with van der Waals surface area (Å²) < 4.78 is 8.76. The molecule has 13 heteroatoms. The second-order valence-electron chi connectivity index (χ2n) is 10.3. The summed E-state index contributed by atoms with van der Waals surface area (Å²) in [4.78, 5) is 45.3. The van der Waals surface area contributed by atoms with Crippen LogP contribution in [0, 0.1) is 6.92 Å². The van der Waals surface area contributed by atoms with Crippen LogP contribution in [0.2, 0.25) is 10.0 Å². The summed E-state index contributed by atoms with van der Waals surface area (Å²) in [5.74, 6) is -0.119. The number of ether oxygens (including phenoxy) is 1. The molecule has 0 bridgehead atoms. The Morgan fingerprint density at radius 3 is 2.62 bits per heavy atom. The third-order valence-corrected chi connectivity index (χ3v) is 9.09. The third kappa shape index (κ3) is 7.81. The zero-order valence-electron chi connectivity index (χ0n) is 24.6. The number of piperidine rings is 1. The normalized spacial score (nSPS) is 13.2. The SMILES string of the molecule is Cc1nc2c(OCc3c(Cl)ccc(N(C)C(=O)CNC(=O)/C=C/c4ccc(N5CCCCC5=O)cc4)c3Cl)cccn2c1Br.Cl. The maximum Gasteiger partial charge on any atom is 0.246 e. The lowest BCUT2D eigenvalue weighted by Gasteiger charge is -2.26. The maximum atomic E-state index is 13.0. The second-order valence-corrected chi connectivity index (χ2v) is 11.8. The van der Waals surface area contributed by atoms with Crippen molar-refractivity contribution in [1.82, 2.24) is 14.7 Å². The lowest BCUT2D eigenvalue weighted by atomic mass is 10.1. The van der Waals surface area contributed by atoms with Crippen LogP contribution in [0.5, 0.6) is 5.75 Å². The van der Waals surface area contributed by atoms with Gasteiger partial charge in [-0.15, -0.1) is 12.4 Å². The number of benzene rings is 2. The molecular weight excluding hydrogens is 705 g/mol. The number of aromatic nitrogens is 2. The van der Waals surface area contributed by atoms with Crippen molar-refractivity contribution >= 4 is 92.4 Å². The summed E-state index contributed by atoms with van der Waals surface area (Å²) in [5.41, 5.74) is 4.04. The van der Waals surface area contributed by atoms with Crippen molar-refractivity contribution in [2.24, 2.45) is 0 Å². The van der Waals surface area contributed by atoms with Gasteiger partial charge in [-0.1, -0.05) is 35.3 Å². The number of likely N-dealkylation sites (N-methyl/N-ethyl adjacent to an activating group) is 1. The predicted molar refractivity (Wildman–Crippen MR) is 184 cm³/mol. The molecule has 2 aromatic carbocycles. The molecule has 236 valence electrons. The van der Waals surface area contributed by atoms with Crippen molar-refractivity contribution in [3.8, 4) is 5.75 Å². The molecule has 3 heterocycles. The summed E-state index contributed by atoms with van der Waals surface area (Å²) in [7, 11) is 1.57. The van der Waals surface area contributed by atoms with E-state index in [4.69, 9.17) is 27.9 Å². The molecule has 4 aromatic rings. The predicted octanol–water partition coefficient (Wildman–Crippen LogP) is 7.02. The number of anilines is 2. The molecule has 0 atom stereocenters. The van der Waals surface area contributed by atoms with Gasteiger partial charge in [0.1, 0.15) is 11.2 Å². The van der Waals surface area contributed by atoms with E-state index in [0.29, 0.717) is 34.1 Å². The Balaban J connectivity index is 0.00000461.